The average molecular weight is 305 g/mol. The van der Waals surface area contributed by atoms with Gasteiger partial charge in [-0.15, -0.1) is 0 Å². The van der Waals surface area contributed by atoms with Crippen molar-refractivity contribution < 1.29 is 9.84 Å². The minimum absolute atomic E-state index is 0.147. The Labute approximate surface area is 136 Å². The highest BCUT2D eigenvalue weighted by atomic mass is 16.5. The van der Waals surface area contributed by atoms with Crippen LogP contribution in [0, 0.1) is 6.57 Å². The number of aromatic nitrogens is 1. The van der Waals surface area contributed by atoms with E-state index < -0.39 is 0 Å². The lowest BCUT2D eigenvalue weighted by molar-refractivity contribution is 0.282. The predicted molar refractivity (Wildman–Crippen MR) is 89.8 cm³/mol. The Kier molecular flexibility index (Phi) is 4.49. The molecular weight excluding hydrogens is 289 g/mol. The van der Waals surface area contributed by atoms with Gasteiger partial charge in [0.05, 0.1) is 13.2 Å². The number of pyridine rings is 1. The highest BCUT2D eigenvalue weighted by molar-refractivity contribution is 6.33. The smallest absolute Gasteiger partial charge is 0.228 e. The van der Waals surface area contributed by atoms with Gasteiger partial charge in [-0.2, -0.15) is 0 Å². The van der Waals surface area contributed by atoms with E-state index in [-0.39, 0.29) is 6.61 Å². The summed E-state index contributed by atoms with van der Waals surface area (Å²) in [5, 5.41) is 9.27. The first-order chi connectivity index (χ1) is 11.2. The molecule has 0 saturated carbocycles. The summed E-state index contributed by atoms with van der Waals surface area (Å²) in [4.78, 5) is 10.2. The molecule has 3 rings (SSSR count). The molecular formula is C17H16BN3O2. The second kappa shape index (κ2) is 6.72. The summed E-state index contributed by atoms with van der Waals surface area (Å²) >= 11 is 0. The normalized spacial score (nSPS) is 13.8. The van der Waals surface area contributed by atoms with Crippen LogP contribution < -0.4 is 15.1 Å². The van der Waals surface area contributed by atoms with Crippen LogP contribution in [0.15, 0.2) is 30.3 Å². The number of hydrogen-bond acceptors (Lipinski definition) is 4. The molecule has 0 aliphatic carbocycles. The number of aliphatic hydroxyl groups excluding tert-OH is 1. The van der Waals surface area contributed by atoms with Crippen LogP contribution in [0.3, 0.4) is 0 Å². The monoisotopic (exact) mass is 305 g/mol. The standard InChI is InChI=1S/C17H16BN3O2/c1-19-15-6-7-16(20-17(15)21-8-2-3-9-21)23-13-4-5-14(18)12(10-13)11-22/h4-7,10,22H,2-3,8-9,11H2. The van der Waals surface area contributed by atoms with E-state index in [1.54, 1.807) is 30.3 Å². The molecule has 114 valence electrons. The fourth-order valence-corrected chi connectivity index (χ4v) is 2.63. The van der Waals surface area contributed by atoms with Crippen molar-refractivity contribution in [2.75, 3.05) is 18.0 Å². The predicted octanol–water partition coefficient (Wildman–Crippen LogP) is 2.31. The molecule has 0 unspecified atom stereocenters. The highest BCUT2D eigenvalue weighted by Gasteiger charge is 2.18. The van der Waals surface area contributed by atoms with Crippen LogP contribution in [0.25, 0.3) is 4.85 Å². The summed E-state index contributed by atoms with van der Waals surface area (Å²) in [6.07, 6.45) is 2.23. The largest absolute Gasteiger partial charge is 0.439 e. The molecule has 0 amide bonds. The van der Waals surface area contributed by atoms with Crippen molar-refractivity contribution >= 4 is 24.8 Å². The molecule has 6 heteroatoms. The van der Waals surface area contributed by atoms with Crippen molar-refractivity contribution in [3.63, 3.8) is 0 Å². The van der Waals surface area contributed by atoms with E-state index in [9.17, 15) is 5.11 Å². The van der Waals surface area contributed by atoms with Gasteiger partial charge in [-0.3, -0.25) is 0 Å². The highest BCUT2D eigenvalue weighted by Crippen LogP contribution is 2.32. The van der Waals surface area contributed by atoms with Crippen molar-refractivity contribution in [2.24, 2.45) is 0 Å². The minimum atomic E-state index is -0.147. The lowest BCUT2D eigenvalue weighted by Gasteiger charge is -2.19. The molecule has 1 aliphatic heterocycles. The van der Waals surface area contributed by atoms with E-state index >= 15 is 0 Å². The van der Waals surface area contributed by atoms with Crippen LogP contribution in [0.1, 0.15) is 18.4 Å². The van der Waals surface area contributed by atoms with E-state index in [4.69, 9.17) is 19.2 Å². The Balaban J connectivity index is 1.88. The van der Waals surface area contributed by atoms with Gasteiger partial charge in [0.25, 0.3) is 0 Å². The maximum Gasteiger partial charge on any atom is 0.228 e. The van der Waals surface area contributed by atoms with Gasteiger partial charge in [-0.1, -0.05) is 11.5 Å². The topological polar surface area (TPSA) is 50.0 Å². The van der Waals surface area contributed by atoms with E-state index in [0.29, 0.717) is 34.2 Å². The fraction of sp³-hybridized carbons (Fsp3) is 0.294. The number of aliphatic hydroxyl groups is 1. The molecule has 1 fully saturated rings. The first kappa shape index (κ1) is 15.4. The first-order valence-electron chi connectivity index (χ1n) is 7.52. The summed E-state index contributed by atoms with van der Waals surface area (Å²) in [6, 6.07) is 8.52. The van der Waals surface area contributed by atoms with Gasteiger partial charge < -0.3 is 14.7 Å². The molecule has 2 aromatic rings. The van der Waals surface area contributed by atoms with Gasteiger partial charge in [0.15, 0.2) is 0 Å². The molecule has 1 aromatic heterocycles. The van der Waals surface area contributed by atoms with Crippen molar-refractivity contribution in [3.05, 3.63) is 47.3 Å². The maximum absolute atomic E-state index is 9.27. The molecule has 2 radical (unpaired) electrons. The van der Waals surface area contributed by atoms with E-state index in [1.807, 2.05) is 0 Å². The fourth-order valence-electron chi connectivity index (χ4n) is 2.63. The average Bonchev–Trinajstić information content (AvgIpc) is 3.11. The zero-order valence-electron chi connectivity index (χ0n) is 12.7. The third kappa shape index (κ3) is 3.30. The number of rotatable bonds is 4. The third-order valence-electron chi connectivity index (χ3n) is 3.86. The van der Waals surface area contributed by atoms with Crippen LogP contribution >= 0.6 is 0 Å². The Morgan fingerprint density at radius 1 is 1.26 bits per heavy atom. The number of hydrogen-bond donors (Lipinski definition) is 1. The van der Waals surface area contributed by atoms with E-state index in [2.05, 4.69) is 14.7 Å². The van der Waals surface area contributed by atoms with E-state index in [1.165, 1.54) is 0 Å². The van der Waals surface area contributed by atoms with Gasteiger partial charge >= 0.3 is 0 Å². The maximum atomic E-state index is 9.27. The third-order valence-corrected chi connectivity index (χ3v) is 3.86. The Hall–Kier alpha value is -2.52. The van der Waals surface area contributed by atoms with Crippen molar-refractivity contribution in [3.8, 4) is 11.6 Å². The molecule has 0 bridgehead atoms. The number of benzene rings is 1. The second-order valence-electron chi connectivity index (χ2n) is 5.42. The molecule has 1 saturated heterocycles. The van der Waals surface area contributed by atoms with Crippen LogP contribution in [0.2, 0.25) is 0 Å². The quantitative estimate of drug-likeness (QED) is 0.696. The summed E-state index contributed by atoms with van der Waals surface area (Å²) in [6.45, 7) is 8.97. The number of ether oxygens (including phenoxy) is 1. The number of nitrogens with zero attached hydrogens (tertiary/aromatic N) is 3. The summed E-state index contributed by atoms with van der Waals surface area (Å²) in [5.41, 5.74) is 1.67. The van der Waals surface area contributed by atoms with Crippen LogP contribution in [-0.2, 0) is 6.61 Å². The minimum Gasteiger partial charge on any atom is -0.439 e. The summed E-state index contributed by atoms with van der Waals surface area (Å²) < 4.78 is 5.77. The lowest BCUT2D eigenvalue weighted by atomic mass is 9.91. The van der Waals surface area contributed by atoms with Gasteiger partial charge in [0, 0.05) is 13.1 Å². The Bertz CT molecular complexity index is 752. The van der Waals surface area contributed by atoms with Gasteiger partial charge in [0.1, 0.15) is 19.4 Å². The second-order valence-corrected chi connectivity index (χ2v) is 5.42. The molecule has 0 atom stereocenters. The SMILES string of the molecule is [B]c1ccc(Oc2ccc([N+]#[C-])c(N3CCCC3)n2)cc1CO. The zero-order chi connectivity index (χ0) is 16.2. The zero-order valence-corrected chi connectivity index (χ0v) is 12.7. The Morgan fingerprint density at radius 2 is 2.04 bits per heavy atom. The van der Waals surface area contributed by atoms with Crippen molar-refractivity contribution in [1.29, 1.82) is 0 Å². The molecule has 0 spiro atoms. The molecule has 1 aromatic carbocycles. The molecule has 1 N–H and O–H groups in total. The molecule has 23 heavy (non-hydrogen) atoms. The summed E-state index contributed by atoms with van der Waals surface area (Å²) in [7, 11) is 5.77. The van der Waals surface area contributed by atoms with E-state index in [0.717, 1.165) is 25.9 Å². The molecule has 5 nitrogen and oxygen atoms in total. The van der Waals surface area contributed by atoms with Gasteiger partial charge in [-0.25, -0.2) is 9.83 Å². The van der Waals surface area contributed by atoms with Gasteiger partial charge in [0.2, 0.25) is 11.6 Å². The lowest BCUT2D eigenvalue weighted by Crippen LogP contribution is -2.19. The van der Waals surface area contributed by atoms with Crippen LogP contribution in [0.4, 0.5) is 11.5 Å². The van der Waals surface area contributed by atoms with Gasteiger partial charge in [-0.05, 0) is 42.7 Å². The van der Waals surface area contributed by atoms with Crippen molar-refractivity contribution in [1.82, 2.24) is 4.98 Å². The molecule has 1 aliphatic rings. The number of anilines is 1. The van der Waals surface area contributed by atoms with Crippen LogP contribution in [0.5, 0.6) is 11.6 Å². The Morgan fingerprint density at radius 3 is 2.74 bits per heavy atom. The van der Waals surface area contributed by atoms with Crippen molar-refractivity contribution in [2.45, 2.75) is 19.4 Å². The van der Waals surface area contributed by atoms with Crippen LogP contribution in [-0.4, -0.2) is 31.0 Å². The first-order valence-corrected chi connectivity index (χ1v) is 7.52. The molecule has 2 heterocycles. The summed E-state index contributed by atoms with van der Waals surface area (Å²) in [5.74, 6) is 1.65.